The summed E-state index contributed by atoms with van der Waals surface area (Å²) in [6.07, 6.45) is 2.28. The smallest absolute Gasteiger partial charge is 0.0639 e. The number of nitrogens with zero attached hydrogens (tertiary/aromatic N) is 1. The van der Waals surface area contributed by atoms with E-state index in [9.17, 15) is 5.11 Å². The molecule has 3 heteroatoms. The van der Waals surface area contributed by atoms with Crippen LogP contribution >= 0.6 is 0 Å². The van der Waals surface area contributed by atoms with Crippen molar-refractivity contribution in [2.45, 2.75) is 25.9 Å². The molecule has 0 bridgehead atoms. The molecule has 1 aliphatic heterocycles. The van der Waals surface area contributed by atoms with Gasteiger partial charge in [0.05, 0.1) is 6.10 Å². The molecule has 1 unspecified atom stereocenters. The van der Waals surface area contributed by atoms with Crippen LogP contribution in [0.25, 0.3) is 0 Å². The number of aliphatic hydroxyl groups excluding tert-OH is 1. The van der Waals surface area contributed by atoms with Gasteiger partial charge in [-0.15, -0.1) is 0 Å². The van der Waals surface area contributed by atoms with Gasteiger partial charge in [0, 0.05) is 13.1 Å². The van der Waals surface area contributed by atoms with Crippen molar-refractivity contribution in [1.82, 2.24) is 4.90 Å². The quantitative estimate of drug-likeness (QED) is 0.632. The number of aliphatic hydroxyl groups is 1. The molecule has 2 atom stereocenters. The zero-order valence-electron chi connectivity index (χ0n) is 7.87. The molecule has 0 aliphatic carbocycles. The lowest BCUT2D eigenvalue weighted by atomic mass is 9.98. The Morgan fingerprint density at radius 1 is 1.67 bits per heavy atom. The van der Waals surface area contributed by atoms with Gasteiger partial charge in [0.25, 0.3) is 0 Å². The fourth-order valence-corrected chi connectivity index (χ4v) is 1.88. The fraction of sp³-hybridized carbons (Fsp3) is 1.00. The van der Waals surface area contributed by atoms with Crippen LogP contribution in [-0.4, -0.2) is 42.3 Å². The van der Waals surface area contributed by atoms with Crippen molar-refractivity contribution in [3.8, 4) is 0 Å². The highest BCUT2D eigenvalue weighted by Gasteiger charge is 2.18. The van der Waals surface area contributed by atoms with Gasteiger partial charge in [-0.05, 0) is 38.8 Å². The number of rotatable bonds is 3. The molecule has 1 rings (SSSR count). The third kappa shape index (κ3) is 3.09. The normalized spacial score (nSPS) is 28.8. The number of likely N-dealkylation sites (tertiary alicyclic amines) is 1. The minimum absolute atomic E-state index is 0.207. The molecule has 1 aliphatic rings. The van der Waals surface area contributed by atoms with E-state index in [2.05, 4.69) is 4.90 Å². The lowest BCUT2D eigenvalue weighted by Gasteiger charge is -2.32. The largest absolute Gasteiger partial charge is 0.392 e. The first-order valence-electron chi connectivity index (χ1n) is 4.83. The first-order valence-corrected chi connectivity index (χ1v) is 4.83. The topological polar surface area (TPSA) is 49.5 Å². The van der Waals surface area contributed by atoms with Gasteiger partial charge in [0.2, 0.25) is 0 Å². The van der Waals surface area contributed by atoms with Crippen molar-refractivity contribution >= 4 is 0 Å². The van der Waals surface area contributed by atoms with Gasteiger partial charge in [-0.1, -0.05) is 0 Å². The summed E-state index contributed by atoms with van der Waals surface area (Å²) in [5, 5.41) is 9.19. The van der Waals surface area contributed by atoms with Gasteiger partial charge in [-0.3, -0.25) is 0 Å². The van der Waals surface area contributed by atoms with Crippen molar-refractivity contribution < 1.29 is 5.11 Å². The number of β-amino-alcohol motifs (C(OH)–C–C–N with tert-alkyl or cyclic N) is 1. The molecular weight excluding hydrogens is 152 g/mol. The molecule has 0 amide bonds. The predicted octanol–water partition coefficient (Wildman–Crippen LogP) is 0.0379. The van der Waals surface area contributed by atoms with E-state index in [0.717, 1.165) is 26.2 Å². The zero-order valence-corrected chi connectivity index (χ0v) is 7.87. The average Bonchev–Trinajstić information content (AvgIpc) is 2.03. The molecule has 1 saturated heterocycles. The molecular formula is C9H20N2O. The second-order valence-corrected chi connectivity index (χ2v) is 3.85. The highest BCUT2D eigenvalue weighted by Crippen LogP contribution is 2.14. The van der Waals surface area contributed by atoms with Crippen LogP contribution in [0.5, 0.6) is 0 Å². The van der Waals surface area contributed by atoms with Crippen molar-refractivity contribution in [1.29, 1.82) is 0 Å². The summed E-state index contributed by atoms with van der Waals surface area (Å²) in [5.74, 6) is 0.650. The Morgan fingerprint density at radius 3 is 3.00 bits per heavy atom. The maximum Gasteiger partial charge on any atom is 0.0639 e. The zero-order chi connectivity index (χ0) is 8.97. The summed E-state index contributed by atoms with van der Waals surface area (Å²) in [6.45, 7) is 5.63. The van der Waals surface area contributed by atoms with Crippen LogP contribution in [0, 0.1) is 5.92 Å². The maximum absolute atomic E-state index is 9.19. The van der Waals surface area contributed by atoms with Crippen molar-refractivity contribution in [2.75, 3.05) is 26.2 Å². The van der Waals surface area contributed by atoms with Gasteiger partial charge < -0.3 is 15.7 Å². The maximum atomic E-state index is 9.19. The molecule has 3 nitrogen and oxygen atoms in total. The summed E-state index contributed by atoms with van der Waals surface area (Å²) in [7, 11) is 0. The van der Waals surface area contributed by atoms with Crippen molar-refractivity contribution in [3.63, 3.8) is 0 Å². The standard InChI is InChI=1S/C9H20N2O/c1-8(12)6-11-4-2-3-9(5-10)7-11/h8-9,12H,2-7,10H2,1H3/t8-,9?/m1/s1. The Labute approximate surface area is 74.5 Å². The van der Waals surface area contributed by atoms with Crippen LogP contribution in [-0.2, 0) is 0 Å². The van der Waals surface area contributed by atoms with Crippen LogP contribution < -0.4 is 5.73 Å². The van der Waals surface area contributed by atoms with Gasteiger partial charge in [-0.2, -0.15) is 0 Å². The van der Waals surface area contributed by atoms with Gasteiger partial charge >= 0.3 is 0 Å². The van der Waals surface area contributed by atoms with Gasteiger partial charge in [0.15, 0.2) is 0 Å². The molecule has 1 heterocycles. The lowest BCUT2D eigenvalue weighted by molar-refractivity contribution is 0.0963. The summed E-state index contributed by atoms with van der Waals surface area (Å²) >= 11 is 0. The van der Waals surface area contributed by atoms with E-state index in [4.69, 9.17) is 5.73 Å². The highest BCUT2D eigenvalue weighted by atomic mass is 16.3. The minimum Gasteiger partial charge on any atom is -0.392 e. The molecule has 0 aromatic heterocycles. The van der Waals surface area contributed by atoms with Crippen LogP contribution in [0.15, 0.2) is 0 Å². The van der Waals surface area contributed by atoms with Crippen LogP contribution in [0.3, 0.4) is 0 Å². The predicted molar refractivity (Wildman–Crippen MR) is 49.9 cm³/mol. The molecule has 72 valence electrons. The number of piperidine rings is 1. The Balaban J connectivity index is 2.25. The summed E-state index contributed by atoms with van der Waals surface area (Å²) in [4.78, 5) is 2.31. The number of hydrogen-bond donors (Lipinski definition) is 2. The summed E-state index contributed by atoms with van der Waals surface area (Å²) in [5.41, 5.74) is 5.61. The molecule has 12 heavy (non-hydrogen) atoms. The lowest BCUT2D eigenvalue weighted by Crippen LogP contribution is -2.41. The first-order chi connectivity index (χ1) is 5.72. The van der Waals surface area contributed by atoms with Gasteiger partial charge in [0.1, 0.15) is 0 Å². The number of nitrogens with two attached hydrogens (primary N) is 1. The van der Waals surface area contributed by atoms with E-state index < -0.39 is 0 Å². The first kappa shape index (κ1) is 9.96. The van der Waals surface area contributed by atoms with E-state index in [1.807, 2.05) is 6.92 Å². The molecule has 0 aromatic carbocycles. The van der Waals surface area contributed by atoms with Crippen molar-refractivity contribution in [2.24, 2.45) is 11.7 Å². The highest BCUT2D eigenvalue weighted by molar-refractivity contribution is 4.74. The Morgan fingerprint density at radius 2 is 2.42 bits per heavy atom. The minimum atomic E-state index is -0.207. The fourth-order valence-electron chi connectivity index (χ4n) is 1.88. The molecule has 0 aromatic rings. The Hall–Kier alpha value is -0.120. The average molecular weight is 172 g/mol. The SMILES string of the molecule is C[C@@H](O)CN1CCCC(CN)C1. The van der Waals surface area contributed by atoms with Crippen molar-refractivity contribution in [3.05, 3.63) is 0 Å². The number of hydrogen-bond acceptors (Lipinski definition) is 3. The Kier molecular flexibility index (Phi) is 3.98. The second-order valence-electron chi connectivity index (χ2n) is 3.85. The monoisotopic (exact) mass is 172 g/mol. The van der Waals surface area contributed by atoms with E-state index in [-0.39, 0.29) is 6.10 Å². The third-order valence-electron chi connectivity index (χ3n) is 2.46. The van der Waals surface area contributed by atoms with Crippen LogP contribution in [0.4, 0.5) is 0 Å². The van der Waals surface area contributed by atoms with E-state index in [1.54, 1.807) is 0 Å². The molecule has 3 N–H and O–H groups in total. The molecule has 0 spiro atoms. The molecule has 1 fully saturated rings. The second kappa shape index (κ2) is 4.80. The Bertz CT molecular complexity index is 128. The summed E-state index contributed by atoms with van der Waals surface area (Å²) < 4.78 is 0. The van der Waals surface area contributed by atoms with E-state index in [0.29, 0.717) is 5.92 Å². The third-order valence-corrected chi connectivity index (χ3v) is 2.46. The molecule has 0 saturated carbocycles. The van der Waals surface area contributed by atoms with E-state index in [1.165, 1.54) is 12.8 Å². The van der Waals surface area contributed by atoms with Crippen LogP contribution in [0.1, 0.15) is 19.8 Å². The van der Waals surface area contributed by atoms with Gasteiger partial charge in [-0.25, -0.2) is 0 Å². The van der Waals surface area contributed by atoms with E-state index >= 15 is 0 Å². The summed E-state index contributed by atoms with van der Waals surface area (Å²) in [6, 6.07) is 0. The van der Waals surface area contributed by atoms with Crippen LogP contribution in [0.2, 0.25) is 0 Å². The molecule has 0 radical (unpaired) electrons.